The van der Waals surface area contributed by atoms with Gasteiger partial charge < -0.3 is 15.2 Å². The van der Waals surface area contributed by atoms with E-state index in [1.54, 1.807) is 0 Å². The van der Waals surface area contributed by atoms with Crippen LogP contribution in [0.5, 0.6) is 5.75 Å². The normalized spacial score (nSPS) is 11.4. The molecule has 3 rings (SSSR count). The Morgan fingerprint density at radius 2 is 1.88 bits per heavy atom. The summed E-state index contributed by atoms with van der Waals surface area (Å²) in [6.07, 6.45) is -4.58. The molecule has 0 bridgehead atoms. The molecule has 2 aromatic carbocycles. The van der Waals surface area contributed by atoms with Crippen LogP contribution in [-0.2, 0) is 6.18 Å². The van der Waals surface area contributed by atoms with Crippen molar-refractivity contribution in [3.8, 4) is 22.9 Å². The highest BCUT2D eigenvalue weighted by Gasteiger charge is 2.33. The molecule has 25 heavy (non-hydrogen) atoms. The Hall–Kier alpha value is -3.47. The van der Waals surface area contributed by atoms with E-state index in [1.807, 2.05) is 6.07 Å². The number of carboxylic acid groups (broad SMARTS) is 1. The van der Waals surface area contributed by atoms with Crippen molar-refractivity contribution < 1.29 is 28.2 Å². The van der Waals surface area contributed by atoms with Crippen molar-refractivity contribution in [2.45, 2.75) is 6.18 Å². The quantitative estimate of drug-likeness (QED) is 0.650. The molecule has 0 amide bonds. The van der Waals surface area contributed by atoms with Crippen molar-refractivity contribution >= 4 is 16.9 Å². The van der Waals surface area contributed by atoms with Crippen LogP contribution >= 0.6 is 0 Å². The third-order valence-corrected chi connectivity index (χ3v) is 3.71. The van der Waals surface area contributed by atoms with Crippen molar-refractivity contribution in [2.24, 2.45) is 0 Å². The third kappa shape index (κ3) is 2.87. The van der Waals surface area contributed by atoms with E-state index in [4.69, 9.17) is 10.4 Å². The Morgan fingerprint density at radius 1 is 1.16 bits per heavy atom. The molecule has 0 saturated carbocycles. The number of hydrogen-bond acceptors (Lipinski definition) is 3. The minimum atomic E-state index is -4.58. The number of rotatable bonds is 2. The number of hydrogen-bond donors (Lipinski definition) is 3. The van der Waals surface area contributed by atoms with Gasteiger partial charge in [-0.15, -0.1) is 0 Å². The maximum absolute atomic E-state index is 12.9. The first-order valence-electron chi connectivity index (χ1n) is 6.91. The molecule has 0 unspecified atom stereocenters. The summed E-state index contributed by atoms with van der Waals surface area (Å²) in [4.78, 5) is 13.2. The van der Waals surface area contributed by atoms with Gasteiger partial charge in [0.1, 0.15) is 17.0 Å². The Bertz CT molecular complexity index is 1050. The largest absolute Gasteiger partial charge is 0.507 e. The maximum atomic E-state index is 12.9. The topological polar surface area (TPSA) is 97.1 Å². The third-order valence-electron chi connectivity index (χ3n) is 3.71. The van der Waals surface area contributed by atoms with E-state index in [2.05, 4.69) is 4.98 Å². The zero-order valence-electron chi connectivity index (χ0n) is 12.3. The summed E-state index contributed by atoms with van der Waals surface area (Å²) >= 11 is 0. The van der Waals surface area contributed by atoms with Crippen LogP contribution in [-0.4, -0.2) is 21.2 Å². The van der Waals surface area contributed by atoms with Crippen LogP contribution in [0.15, 0.2) is 36.4 Å². The first-order valence-corrected chi connectivity index (χ1v) is 6.91. The zero-order chi connectivity index (χ0) is 18.4. The van der Waals surface area contributed by atoms with E-state index in [0.29, 0.717) is 0 Å². The molecule has 3 aromatic rings. The van der Waals surface area contributed by atoms with E-state index >= 15 is 0 Å². The van der Waals surface area contributed by atoms with Gasteiger partial charge in [-0.3, -0.25) is 0 Å². The molecule has 0 radical (unpaired) electrons. The Morgan fingerprint density at radius 3 is 2.44 bits per heavy atom. The van der Waals surface area contributed by atoms with Crippen LogP contribution in [0.2, 0.25) is 0 Å². The fourth-order valence-electron chi connectivity index (χ4n) is 2.57. The monoisotopic (exact) mass is 346 g/mol. The van der Waals surface area contributed by atoms with Gasteiger partial charge in [0.15, 0.2) is 0 Å². The molecular weight excluding hydrogens is 337 g/mol. The lowest BCUT2D eigenvalue weighted by molar-refractivity contribution is -0.140. The lowest BCUT2D eigenvalue weighted by atomic mass is 9.97. The van der Waals surface area contributed by atoms with Crippen LogP contribution in [0.25, 0.3) is 22.0 Å². The number of H-pyrrole nitrogens is 1. The summed E-state index contributed by atoms with van der Waals surface area (Å²) in [5.41, 5.74) is -0.500. The van der Waals surface area contributed by atoms with Crippen molar-refractivity contribution in [1.29, 1.82) is 5.26 Å². The number of carbonyl (C=O) groups is 1. The first kappa shape index (κ1) is 16.4. The molecule has 0 fully saturated rings. The predicted molar refractivity (Wildman–Crippen MR) is 82.1 cm³/mol. The SMILES string of the molecule is N#Cc1cc(-c2ccc(C(=O)O)c(O)c2)c2cc(C(F)(F)F)[nH]c2c1. The number of aromatic amines is 1. The smallest absolute Gasteiger partial charge is 0.431 e. The van der Waals surface area contributed by atoms with Gasteiger partial charge >= 0.3 is 12.1 Å². The number of halogens is 3. The van der Waals surface area contributed by atoms with Crippen molar-refractivity contribution in [3.05, 3.63) is 53.2 Å². The second kappa shape index (κ2) is 5.56. The molecule has 0 saturated heterocycles. The number of carboxylic acids is 1. The predicted octanol–water partition coefficient (Wildman–Crippen LogP) is 4.13. The summed E-state index contributed by atoms with van der Waals surface area (Å²) in [6, 6.07) is 9.09. The Balaban J connectivity index is 2.28. The number of alkyl halides is 3. The fourth-order valence-corrected chi connectivity index (χ4v) is 2.57. The van der Waals surface area contributed by atoms with Crippen LogP contribution in [0.4, 0.5) is 13.2 Å². The number of nitrogens with zero attached hydrogens (tertiary/aromatic N) is 1. The number of benzene rings is 2. The highest BCUT2D eigenvalue weighted by molar-refractivity contribution is 5.98. The van der Waals surface area contributed by atoms with Gasteiger partial charge in [0.05, 0.1) is 11.6 Å². The summed E-state index contributed by atoms with van der Waals surface area (Å²) < 4.78 is 38.8. The number of aromatic nitrogens is 1. The van der Waals surface area contributed by atoms with Gasteiger partial charge in [0.25, 0.3) is 0 Å². The second-order valence-corrected chi connectivity index (χ2v) is 5.31. The molecular formula is C17H9F3N2O3. The van der Waals surface area contributed by atoms with Crippen molar-refractivity contribution in [1.82, 2.24) is 4.98 Å². The number of fused-ring (bicyclic) bond motifs is 1. The molecule has 0 aliphatic rings. The van der Waals surface area contributed by atoms with Gasteiger partial charge in [-0.25, -0.2) is 4.79 Å². The van der Waals surface area contributed by atoms with Gasteiger partial charge in [-0.1, -0.05) is 6.07 Å². The van der Waals surface area contributed by atoms with E-state index in [0.717, 1.165) is 18.2 Å². The van der Waals surface area contributed by atoms with Crippen LogP contribution in [0.3, 0.4) is 0 Å². The van der Waals surface area contributed by atoms with Crippen LogP contribution in [0, 0.1) is 11.3 Å². The standard InChI is InChI=1S/C17H9F3N2O3/c18-17(19,20)15-6-12-11(3-8(7-21)4-13(12)22-15)9-1-2-10(16(24)25)14(23)5-9/h1-6,22-23H,(H,24,25). The van der Waals surface area contributed by atoms with Gasteiger partial charge in [0, 0.05) is 10.9 Å². The van der Waals surface area contributed by atoms with E-state index in [-0.39, 0.29) is 33.2 Å². The summed E-state index contributed by atoms with van der Waals surface area (Å²) in [5, 5.41) is 28.1. The minimum absolute atomic E-state index is 0.114. The number of aromatic carboxylic acids is 1. The average molecular weight is 346 g/mol. The molecule has 5 nitrogen and oxygen atoms in total. The Labute approximate surface area is 138 Å². The molecule has 0 aliphatic heterocycles. The van der Waals surface area contributed by atoms with Gasteiger partial charge in [-0.2, -0.15) is 18.4 Å². The fraction of sp³-hybridized carbons (Fsp3) is 0.0588. The summed E-state index contributed by atoms with van der Waals surface area (Å²) in [6.45, 7) is 0. The molecule has 0 spiro atoms. The second-order valence-electron chi connectivity index (χ2n) is 5.31. The van der Waals surface area contributed by atoms with Crippen LogP contribution in [0.1, 0.15) is 21.6 Å². The lowest BCUT2D eigenvalue weighted by Crippen LogP contribution is -2.04. The van der Waals surface area contributed by atoms with Crippen molar-refractivity contribution in [3.63, 3.8) is 0 Å². The minimum Gasteiger partial charge on any atom is -0.507 e. The molecule has 0 atom stereocenters. The number of nitrogens with one attached hydrogen (secondary N) is 1. The summed E-state index contributed by atoms with van der Waals surface area (Å²) in [7, 11) is 0. The number of aromatic hydroxyl groups is 1. The molecule has 8 heteroatoms. The molecule has 1 heterocycles. The highest BCUT2D eigenvalue weighted by Crippen LogP contribution is 2.37. The van der Waals surface area contributed by atoms with E-state index in [1.165, 1.54) is 18.2 Å². The maximum Gasteiger partial charge on any atom is 0.431 e. The average Bonchev–Trinajstić information content (AvgIpc) is 2.97. The molecule has 1 aromatic heterocycles. The Kier molecular flexibility index (Phi) is 3.64. The van der Waals surface area contributed by atoms with Gasteiger partial charge in [0.2, 0.25) is 0 Å². The molecule has 0 aliphatic carbocycles. The zero-order valence-corrected chi connectivity index (χ0v) is 12.3. The van der Waals surface area contributed by atoms with E-state index in [9.17, 15) is 23.1 Å². The van der Waals surface area contributed by atoms with Crippen molar-refractivity contribution in [2.75, 3.05) is 0 Å². The molecule has 3 N–H and O–H groups in total. The summed E-state index contributed by atoms with van der Waals surface area (Å²) in [5.74, 6) is -1.85. The first-order chi connectivity index (χ1) is 11.7. The molecule has 126 valence electrons. The highest BCUT2D eigenvalue weighted by atomic mass is 19.4. The van der Waals surface area contributed by atoms with Gasteiger partial charge in [-0.05, 0) is 41.5 Å². The number of nitriles is 1. The lowest BCUT2D eigenvalue weighted by Gasteiger charge is -2.07. The number of phenols is 1. The van der Waals surface area contributed by atoms with E-state index < -0.39 is 23.6 Å². The van der Waals surface area contributed by atoms with Crippen LogP contribution < -0.4 is 0 Å².